The number of nitrogens with zero attached hydrogens (tertiary/aromatic N) is 2. The standard InChI is InChI=1S/C26H29FN2O2/c1-19-2-4-20(5-3-19)6-7-21-14-16-29(17-15-21)26(30)13-12-25-28-18-24(31-25)22-8-10-23(27)11-9-22/h2-5,8-11,18,21H,6-7,12-17H2,1H3. The van der Waals surface area contributed by atoms with Gasteiger partial charge < -0.3 is 9.32 Å². The van der Waals surface area contributed by atoms with Crippen molar-refractivity contribution in [2.24, 2.45) is 5.92 Å². The second-order valence-electron chi connectivity index (χ2n) is 8.47. The Morgan fingerprint density at radius 3 is 2.48 bits per heavy atom. The van der Waals surface area contributed by atoms with E-state index in [-0.39, 0.29) is 11.7 Å². The second-order valence-corrected chi connectivity index (χ2v) is 8.47. The van der Waals surface area contributed by atoms with E-state index in [0.29, 0.717) is 30.4 Å². The van der Waals surface area contributed by atoms with E-state index in [1.807, 2.05) is 4.90 Å². The predicted molar refractivity (Wildman–Crippen MR) is 119 cm³/mol. The van der Waals surface area contributed by atoms with E-state index >= 15 is 0 Å². The summed E-state index contributed by atoms with van der Waals surface area (Å²) in [6.07, 6.45) is 6.96. The second kappa shape index (κ2) is 9.90. The van der Waals surface area contributed by atoms with Gasteiger partial charge in [-0.1, -0.05) is 29.8 Å². The third-order valence-corrected chi connectivity index (χ3v) is 6.16. The summed E-state index contributed by atoms with van der Waals surface area (Å²) in [6.45, 7) is 3.79. The van der Waals surface area contributed by atoms with Crippen LogP contribution in [-0.2, 0) is 17.6 Å². The summed E-state index contributed by atoms with van der Waals surface area (Å²) in [5.74, 6) is 1.71. The molecule has 2 heterocycles. The average Bonchev–Trinajstić information content (AvgIpc) is 3.27. The number of benzene rings is 2. The Kier molecular flexibility index (Phi) is 6.80. The van der Waals surface area contributed by atoms with Crippen LogP contribution >= 0.6 is 0 Å². The molecule has 0 radical (unpaired) electrons. The van der Waals surface area contributed by atoms with Crippen LogP contribution in [0.1, 0.15) is 42.7 Å². The molecule has 1 aliphatic heterocycles. The van der Waals surface area contributed by atoms with Gasteiger partial charge in [-0.05, 0) is 68.4 Å². The topological polar surface area (TPSA) is 46.3 Å². The van der Waals surface area contributed by atoms with Crippen molar-refractivity contribution in [1.82, 2.24) is 9.88 Å². The van der Waals surface area contributed by atoms with Gasteiger partial charge in [-0.2, -0.15) is 0 Å². The Morgan fingerprint density at radius 2 is 1.77 bits per heavy atom. The lowest BCUT2D eigenvalue weighted by Gasteiger charge is -2.32. The van der Waals surface area contributed by atoms with Crippen molar-refractivity contribution in [3.63, 3.8) is 0 Å². The minimum absolute atomic E-state index is 0.165. The molecule has 0 atom stereocenters. The van der Waals surface area contributed by atoms with Crippen LogP contribution in [0.2, 0.25) is 0 Å². The van der Waals surface area contributed by atoms with Crippen LogP contribution in [0.5, 0.6) is 0 Å². The molecular weight excluding hydrogens is 391 g/mol. The summed E-state index contributed by atoms with van der Waals surface area (Å²) in [5, 5.41) is 0. The zero-order valence-electron chi connectivity index (χ0n) is 18.0. The van der Waals surface area contributed by atoms with E-state index in [0.717, 1.165) is 37.9 Å². The van der Waals surface area contributed by atoms with Crippen molar-refractivity contribution < 1.29 is 13.6 Å². The molecule has 0 saturated carbocycles. The number of carbonyl (C=O) groups excluding carboxylic acids is 1. The third-order valence-electron chi connectivity index (χ3n) is 6.16. The molecule has 0 bridgehead atoms. The Labute approximate surface area is 183 Å². The van der Waals surface area contributed by atoms with Crippen LogP contribution in [-0.4, -0.2) is 28.9 Å². The molecule has 1 aliphatic rings. The van der Waals surface area contributed by atoms with E-state index in [1.165, 1.54) is 29.7 Å². The first-order valence-electron chi connectivity index (χ1n) is 11.1. The minimum atomic E-state index is -0.284. The van der Waals surface area contributed by atoms with Gasteiger partial charge in [0.2, 0.25) is 5.91 Å². The van der Waals surface area contributed by atoms with Crippen LogP contribution in [0.25, 0.3) is 11.3 Å². The van der Waals surface area contributed by atoms with Crippen LogP contribution in [0.4, 0.5) is 4.39 Å². The van der Waals surface area contributed by atoms with Gasteiger partial charge in [-0.3, -0.25) is 4.79 Å². The van der Waals surface area contributed by atoms with Gasteiger partial charge in [0.25, 0.3) is 0 Å². The van der Waals surface area contributed by atoms with Gasteiger partial charge in [0.05, 0.1) is 6.20 Å². The minimum Gasteiger partial charge on any atom is -0.441 e. The van der Waals surface area contributed by atoms with Gasteiger partial charge >= 0.3 is 0 Å². The maximum atomic E-state index is 13.1. The smallest absolute Gasteiger partial charge is 0.223 e. The van der Waals surface area contributed by atoms with Crippen molar-refractivity contribution in [3.8, 4) is 11.3 Å². The van der Waals surface area contributed by atoms with E-state index < -0.39 is 0 Å². The first-order valence-corrected chi connectivity index (χ1v) is 11.1. The third kappa shape index (κ3) is 5.81. The van der Waals surface area contributed by atoms with Crippen molar-refractivity contribution in [2.75, 3.05) is 13.1 Å². The molecule has 1 aromatic heterocycles. The Morgan fingerprint density at radius 1 is 1.06 bits per heavy atom. The van der Waals surface area contributed by atoms with Crippen molar-refractivity contribution in [3.05, 3.63) is 77.6 Å². The van der Waals surface area contributed by atoms with Crippen LogP contribution < -0.4 is 0 Å². The molecule has 0 spiro atoms. The summed E-state index contributed by atoms with van der Waals surface area (Å²) in [7, 11) is 0. The molecule has 1 fully saturated rings. The fourth-order valence-corrected chi connectivity index (χ4v) is 4.14. The number of aryl methyl sites for hydroxylation is 3. The molecule has 3 aromatic rings. The number of amides is 1. The molecule has 1 amide bonds. The number of oxazole rings is 1. The molecule has 162 valence electrons. The number of halogens is 1. The van der Waals surface area contributed by atoms with Gasteiger partial charge in [0, 0.05) is 31.5 Å². The fraction of sp³-hybridized carbons (Fsp3) is 0.385. The largest absolute Gasteiger partial charge is 0.441 e. The Balaban J connectivity index is 1.20. The number of aromatic nitrogens is 1. The quantitative estimate of drug-likeness (QED) is 0.500. The van der Waals surface area contributed by atoms with Crippen molar-refractivity contribution in [2.45, 2.75) is 45.4 Å². The average molecular weight is 421 g/mol. The van der Waals surface area contributed by atoms with Gasteiger partial charge in [-0.25, -0.2) is 9.37 Å². The highest BCUT2D eigenvalue weighted by Crippen LogP contribution is 2.24. The summed E-state index contributed by atoms with van der Waals surface area (Å²) < 4.78 is 18.8. The maximum absolute atomic E-state index is 13.1. The summed E-state index contributed by atoms with van der Waals surface area (Å²) in [4.78, 5) is 18.9. The highest BCUT2D eigenvalue weighted by Gasteiger charge is 2.23. The number of rotatable bonds is 7. The van der Waals surface area contributed by atoms with Crippen molar-refractivity contribution >= 4 is 5.91 Å². The zero-order valence-corrected chi connectivity index (χ0v) is 18.0. The molecule has 5 heteroatoms. The highest BCUT2D eigenvalue weighted by atomic mass is 19.1. The Bertz CT molecular complexity index is 987. The number of likely N-dealkylation sites (tertiary alicyclic amines) is 1. The van der Waals surface area contributed by atoms with E-state index in [1.54, 1.807) is 18.3 Å². The predicted octanol–water partition coefficient (Wildman–Crippen LogP) is 5.59. The molecule has 2 aromatic carbocycles. The fourth-order valence-electron chi connectivity index (χ4n) is 4.14. The number of carbonyl (C=O) groups is 1. The number of piperidine rings is 1. The molecule has 1 saturated heterocycles. The first-order chi connectivity index (χ1) is 15.1. The zero-order chi connectivity index (χ0) is 21.6. The van der Waals surface area contributed by atoms with Crippen LogP contribution in [0.3, 0.4) is 0 Å². The Hall–Kier alpha value is -2.95. The van der Waals surface area contributed by atoms with Gasteiger partial charge in [0.15, 0.2) is 11.7 Å². The molecular formula is C26H29FN2O2. The normalized spacial score (nSPS) is 14.7. The lowest BCUT2D eigenvalue weighted by Crippen LogP contribution is -2.38. The van der Waals surface area contributed by atoms with Crippen LogP contribution in [0, 0.1) is 18.7 Å². The molecule has 0 N–H and O–H groups in total. The monoisotopic (exact) mass is 420 g/mol. The summed E-state index contributed by atoms with van der Waals surface area (Å²) in [6, 6.07) is 14.9. The number of hydrogen-bond donors (Lipinski definition) is 0. The van der Waals surface area contributed by atoms with Gasteiger partial charge in [-0.15, -0.1) is 0 Å². The summed E-state index contributed by atoms with van der Waals surface area (Å²) in [5.41, 5.74) is 3.47. The molecule has 4 nitrogen and oxygen atoms in total. The molecule has 0 aliphatic carbocycles. The van der Waals surface area contributed by atoms with Crippen LogP contribution in [0.15, 0.2) is 59.1 Å². The highest BCUT2D eigenvalue weighted by molar-refractivity contribution is 5.76. The SMILES string of the molecule is Cc1ccc(CCC2CCN(C(=O)CCc3ncc(-c4ccc(F)cc4)o3)CC2)cc1. The first kappa shape index (κ1) is 21.3. The lowest BCUT2D eigenvalue weighted by atomic mass is 9.90. The molecule has 4 rings (SSSR count). The van der Waals surface area contributed by atoms with Gasteiger partial charge in [0.1, 0.15) is 5.82 Å². The number of hydrogen-bond acceptors (Lipinski definition) is 3. The van der Waals surface area contributed by atoms with E-state index in [4.69, 9.17) is 4.42 Å². The lowest BCUT2D eigenvalue weighted by molar-refractivity contribution is -0.132. The molecule has 0 unspecified atom stereocenters. The van der Waals surface area contributed by atoms with Crippen molar-refractivity contribution in [1.29, 1.82) is 0 Å². The van der Waals surface area contributed by atoms with E-state index in [9.17, 15) is 9.18 Å². The van der Waals surface area contributed by atoms with E-state index in [2.05, 4.69) is 36.2 Å². The molecule has 31 heavy (non-hydrogen) atoms. The summed E-state index contributed by atoms with van der Waals surface area (Å²) >= 11 is 0. The maximum Gasteiger partial charge on any atom is 0.223 e.